The Balaban J connectivity index is 1.30. The molecule has 2 heterocycles. The largest absolute Gasteiger partial charge is 0.486 e. The highest BCUT2D eigenvalue weighted by Crippen LogP contribution is 2.33. The third-order valence-electron chi connectivity index (χ3n) is 5.32. The van der Waals surface area contributed by atoms with Gasteiger partial charge in [0.25, 0.3) is 0 Å². The van der Waals surface area contributed by atoms with E-state index < -0.39 is 0 Å². The third kappa shape index (κ3) is 3.36. The van der Waals surface area contributed by atoms with E-state index in [1.807, 2.05) is 6.07 Å². The summed E-state index contributed by atoms with van der Waals surface area (Å²) in [4.78, 5) is 14.3. The molecule has 1 aliphatic carbocycles. The molecule has 1 saturated carbocycles. The summed E-state index contributed by atoms with van der Waals surface area (Å²) in [5, 5.41) is 3.66. The summed E-state index contributed by atoms with van der Waals surface area (Å²) in [7, 11) is 0. The number of benzene rings is 1. The first kappa shape index (κ1) is 15.8. The summed E-state index contributed by atoms with van der Waals surface area (Å²) < 4.78 is 11.2. The summed E-state index contributed by atoms with van der Waals surface area (Å²) in [5.74, 6) is 2.88. The molecule has 0 unspecified atom stereocenters. The Hall–Kier alpha value is -1.75. The molecule has 1 aromatic rings. The molecule has 5 nitrogen and oxygen atoms in total. The number of rotatable bonds is 4. The summed E-state index contributed by atoms with van der Waals surface area (Å²) in [6, 6.07) is 6.61. The number of carbonyl (C=O) groups excluding carboxylic acids is 1. The number of nitrogens with zero attached hydrogens (tertiary/aromatic N) is 1. The molecule has 3 aliphatic rings. The lowest BCUT2D eigenvalue weighted by atomic mass is 9.93. The third-order valence-corrected chi connectivity index (χ3v) is 5.32. The van der Waals surface area contributed by atoms with Crippen LogP contribution >= 0.6 is 0 Å². The van der Waals surface area contributed by atoms with Crippen LogP contribution in [0.4, 0.5) is 0 Å². The van der Waals surface area contributed by atoms with Crippen molar-refractivity contribution in [2.24, 2.45) is 11.8 Å². The number of ether oxygens (including phenoxy) is 2. The molecular weight excluding hydrogens is 304 g/mol. The predicted molar refractivity (Wildman–Crippen MR) is 91.1 cm³/mol. The number of amides is 1. The molecule has 130 valence electrons. The number of hydrogen-bond acceptors (Lipinski definition) is 4. The lowest BCUT2D eigenvalue weighted by molar-refractivity contribution is -0.134. The van der Waals surface area contributed by atoms with Gasteiger partial charge in [-0.3, -0.25) is 4.79 Å². The van der Waals surface area contributed by atoms with Gasteiger partial charge in [0.15, 0.2) is 11.5 Å². The molecule has 4 rings (SSSR count). The van der Waals surface area contributed by atoms with Gasteiger partial charge in [-0.2, -0.15) is 0 Å². The average Bonchev–Trinajstić information content (AvgIpc) is 3.45. The lowest BCUT2D eigenvalue weighted by Crippen LogP contribution is -2.50. The standard InChI is InChI=1S/C19H26N2O3/c1-13-12-21(19(22)15-3-4-15)7-6-16(13)20-11-14-2-5-17-18(10-14)24-9-8-23-17/h2,5,10,13,15-16,20H,3-4,6-9,11-12H2,1H3/t13-,16+/m0/s1. The number of piperidine rings is 1. The monoisotopic (exact) mass is 330 g/mol. The fourth-order valence-electron chi connectivity index (χ4n) is 3.68. The van der Waals surface area contributed by atoms with Crippen molar-refractivity contribution in [3.8, 4) is 11.5 Å². The maximum Gasteiger partial charge on any atom is 0.225 e. The normalized spacial score (nSPS) is 26.3. The Morgan fingerprint density at radius 1 is 1.21 bits per heavy atom. The molecule has 1 aromatic carbocycles. The molecule has 0 bridgehead atoms. The van der Waals surface area contributed by atoms with Crippen LogP contribution in [-0.4, -0.2) is 43.2 Å². The minimum atomic E-state index is 0.333. The molecule has 2 aliphatic heterocycles. The zero-order valence-corrected chi connectivity index (χ0v) is 14.3. The molecule has 0 radical (unpaired) electrons. The molecule has 0 spiro atoms. The van der Waals surface area contributed by atoms with Gasteiger partial charge in [0.05, 0.1) is 0 Å². The molecule has 1 N–H and O–H groups in total. The van der Waals surface area contributed by atoms with Crippen molar-refractivity contribution in [3.63, 3.8) is 0 Å². The van der Waals surface area contributed by atoms with Crippen LogP contribution in [0.5, 0.6) is 11.5 Å². The molecule has 0 aromatic heterocycles. The van der Waals surface area contributed by atoms with Gasteiger partial charge in [-0.05, 0) is 42.9 Å². The summed E-state index contributed by atoms with van der Waals surface area (Å²) in [6.45, 7) is 6.08. The molecule has 1 saturated heterocycles. The van der Waals surface area contributed by atoms with Crippen LogP contribution in [0.3, 0.4) is 0 Å². The van der Waals surface area contributed by atoms with Crippen molar-refractivity contribution < 1.29 is 14.3 Å². The Morgan fingerprint density at radius 2 is 2.00 bits per heavy atom. The molecule has 1 amide bonds. The van der Waals surface area contributed by atoms with Crippen molar-refractivity contribution >= 4 is 5.91 Å². The van der Waals surface area contributed by atoms with E-state index in [0.717, 1.165) is 50.4 Å². The van der Waals surface area contributed by atoms with Gasteiger partial charge in [-0.1, -0.05) is 13.0 Å². The zero-order chi connectivity index (χ0) is 16.5. The van der Waals surface area contributed by atoms with Gasteiger partial charge in [0.1, 0.15) is 13.2 Å². The molecule has 24 heavy (non-hydrogen) atoms. The van der Waals surface area contributed by atoms with Gasteiger partial charge in [-0.25, -0.2) is 0 Å². The fourth-order valence-corrected chi connectivity index (χ4v) is 3.68. The summed E-state index contributed by atoms with van der Waals surface area (Å²) in [5.41, 5.74) is 1.21. The van der Waals surface area contributed by atoms with E-state index in [1.54, 1.807) is 0 Å². The van der Waals surface area contributed by atoms with Gasteiger partial charge in [0, 0.05) is 31.6 Å². The second-order valence-corrected chi connectivity index (χ2v) is 7.29. The van der Waals surface area contributed by atoms with E-state index in [2.05, 4.69) is 29.3 Å². The van der Waals surface area contributed by atoms with Gasteiger partial charge >= 0.3 is 0 Å². The topological polar surface area (TPSA) is 50.8 Å². The first-order valence-electron chi connectivity index (χ1n) is 9.11. The van der Waals surface area contributed by atoms with Crippen LogP contribution in [-0.2, 0) is 11.3 Å². The minimum absolute atomic E-state index is 0.333. The van der Waals surface area contributed by atoms with E-state index in [4.69, 9.17) is 9.47 Å². The summed E-state index contributed by atoms with van der Waals surface area (Å²) in [6.07, 6.45) is 3.22. The van der Waals surface area contributed by atoms with Crippen LogP contribution in [0.25, 0.3) is 0 Å². The first-order valence-corrected chi connectivity index (χ1v) is 9.11. The Bertz CT molecular complexity index is 615. The van der Waals surface area contributed by atoms with Crippen molar-refractivity contribution in [1.29, 1.82) is 0 Å². The number of likely N-dealkylation sites (tertiary alicyclic amines) is 1. The van der Waals surface area contributed by atoms with Crippen LogP contribution in [0.2, 0.25) is 0 Å². The molecule has 5 heteroatoms. The van der Waals surface area contributed by atoms with Gasteiger partial charge in [-0.15, -0.1) is 0 Å². The highest BCUT2D eigenvalue weighted by molar-refractivity contribution is 5.81. The van der Waals surface area contributed by atoms with E-state index in [1.165, 1.54) is 5.56 Å². The predicted octanol–water partition coefficient (Wildman–Crippen LogP) is 2.19. The summed E-state index contributed by atoms with van der Waals surface area (Å²) >= 11 is 0. The average molecular weight is 330 g/mol. The quantitative estimate of drug-likeness (QED) is 0.919. The smallest absolute Gasteiger partial charge is 0.225 e. The van der Waals surface area contributed by atoms with Gasteiger partial charge in [0.2, 0.25) is 5.91 Å². The maximum atomic E-state index is 12.2. The maximum absolute atomic E-state index is 12.2. The van der Waals surface area contributed by atoms with Crippen LogP contribution in [0.15, 0.2) is 18.2 Å². The molecule has 2 atom stereocenters. The van der Waals surface area contributed by atoms with E-state index in [0.29, 0.717) is 37.0 Å². The zero-order valence-electron chi connectivity index (χ0n) is 14.3. The van der Waals surface area contributed by atoms with Crippen molar-refractivity contribution in [3.05, 3.63) is 23.8 Å². The SMILES string of the molecule is C[C@H]1CN(C(=O)C2CC2)CC[C@H]1NCc1ccc2c(c1)OCCO2. The van der Waals surface area contributed by atoms with Crippen molar-refractivity contribution in [2.75, 3.05) is 26.3 Å². The van der Waals surface area contributed by atoms with Crippen molar-refractivity contribution in [1.82, 2.24) is 10.2 Å². The molecule has 2 fully saturated rings. The minimum Gasteiger partial charge on any atom is -0.486 e. The second-order valence-electron chi connectivity index (χ2n) is 7.29. The second kappa shape index (κ2) is 6.63. The van der Waals surface area contributed by atoms with E-state index >= 15 is 0 Å². The van der Waals surface area contributed by atoms with Gasteiger partial charge < -0.3 is 19.7 Å². The van der Waals surface area contributed by atoms with Crippen LogP contribution in [0.1, 0.15) is 31.7 Å². The Kier molecular flexibility index (Phi) is 4.35. The van der Waals surface area contributed by atoms with Crippen LogP contribution < -0.4 is 14.8 Å². The number of nitrogens with one attached hydrogen (secondary N) is 1. The first-order chi connectivity index (χ1) is 11.7. The highest BCUT2D eigenvalue weighted by atomic mass is 16.6. The molecular formula is C19H26N2O3. The van der Waals surface area contributed by atoms with Crippen LogP contribution in [0, 0.1) is 11.8 Å². The Morgan fingerprint density at radius 3 is 2.75 bits per heavy atom. The Labute approximate surface area is 143 Å². The van der Waals surface area contributed by atoms with E-state index in [-0.39, 0.29) is 0 Å². The van der Waals surface area contributed by atoms with E-state index in [9.17, 15) is 4.79 Å². The van der Waals surface area contributed by atoms with Crippen molar-refractivity contribution in [2.45, 2.75) is 38.8 Å². The number of fused-ring (bicyclic) bond motifs is 1. The number of carbonyl (C=O) groups is 1. The lowest BCUT2D eigenvalue weighted by Gasteiger charge is -2.37. The number of hydrogen-bond donors (Lipinski definition) is 1. The highest BCUT2D eigenvalue weighted by Gasteiger charge is 2.36. The fraction of sp³-hybridized carbons (Fsp3) is 0.632.